The summed E-state index contributed by atoms with van der Waals surface area (Å²) in [6.45, 7) is 2.36. The van der Waals surface area contributed by atoms with Gasteiger partial charge in [0.2, 0.25) is 0 Å². The van der Waals surface area contributed by atoms with Crippen LogP contribution in [-0.2, 0) is 13.6 Å². The molecule has 0 saturated heterocycles. The maximum Gasteiger partial charge on any atom is 0.255 e. The van der Waals surface area contributed by atoms with Crippen LogP contribution >= 0.6 is 0 Å². The summed E-state index contributed by atoms with van der Waals surface area (Å²) in [5, 5.41) is 7.79. The minimum atomic E-state index is -0.184. The molecular weight excluding hydrogens is 398 g/mol. The zero-order valence-corrected chi connectivity index (χ0v) is 18.0. The Bertz CT molecular complexity index is 1410. The Balaban J connectivity index is 1.48. The van der Waals surface area contributed by atoms with E-state index in [2.05, 4.69) is 10.3 Å². The van der Waals surface area contributed by atoms with Gasteiger partial charge in [-0.2, -0.15) is 5.10 Å². The third-order valence-corrected chi connectivity index (χ3v) is 5.56. The van der Waals surface area contributed by atoms with Crippen LogP contribution in [-0.4, -0.2) is 25.2 Å². The van der Waals surface area contributed by atoms with Crippen LogP contribution in [0.1, 0.15) is 21.7 Å². The van der Waals surface area contributed by atoms with Crippen LogP contribution in [0.2, 0.25) is 0 Å². The molecule has 0 atom stereocenters. The van der Waals surface area contributed by atoms with Gasteiger partial charge in [-0.1, -0.05) is 54.1 Å². The van der Waals surface area contributed by atoms with Gasteiger partial charge in [0.15, 0.2) is 0 Å². The smallest absolute Gasteiger partial charge is 0.255 e. The number of para-hydroxylation sites is 3. The molecule has 0 radical (unpaired) electrons. The molecule has 0 unspecified atom stereocenters. The molecule has 1 amide bonds. The zero-order valence-electron chi connectivity index (χ0n) is 18.0. The van der Waals surface area contributed by atoms with E-state index < -0.39 is 0 Å². The van der Waals surface area contributed by atoms with Crippen LogP contribution in [0.25, 0.3) is 28.0 Å². The summed E-state index contributed by atoms with van der Waals surface area (Å²) in [6, 6.07) is 25.8. The molecule has 0 bridgehead atoms. The third kappa shape index (κ3) is 3.67. The number of aryl methyl sites for hydroxylation is 2. The first-order valence-electron chi connectivity index (χ1n) is 10.5. The number of aromatic nitrogens is 4. The fourth-order valence-corrected chi connectivity index (χ4v) is 3.87. The summed E-state index contributed by atoms with van der Waals surface area (Å²) in [7, 11) is 1.96. The second-order valence-electron chi connectivity index (χ2n) is 7.80. The summed E-state index contributed by atoms with van der Waals surface area (Å²) < 4.78 is 3.76. The monoisotopic (exact) mass is 421 g/mol. The molecule has 0 fully saturated rings. The predicted molar refractivity (Wildman–Crippen MR) is 126 cm³/mol. The standard InChI is InChI=1S/C26H23N5O/c1-18-9-8-10-19(15-18)25-21(17-31(29-25)20-11-4-3-5-12-20)26(32)27-16-24-28-22-13-6-7-14-23(22)30(24)2/h3-15,17H,16H2,1-2H3,(H,27,32). The quantitative estimate of drug-likeness (QED) is 0.449. The van der Waals surface area contributed by atoms with Gasteiger partial charge < -0.3 is 9.88 Å². The summed E-state index contributed by atoms with van der Waals surface area (Å²) in [5.41, 5.74) is 6.05. The minimum absolute atomic E-state index is 0.184. The number of nitrogens with zero attached hydrogens (tertiary/aromatic N) is 4. The highest BCUT2D eigenvalue weighted by molar-refractivity contribution is 6.00. The van der Waals surface area contributed by atoms with Crippen molar-refractivity contribution in [2.75, 3.05) is 0 Å². The summed E-state index contributed by atoms with van der Waals surface area (Å²) in [6.07, 6.45) is 1.79. The molecule has 158 valence electrons. The van der Waals surface area contributed by atoms with Crippen LogP contribution < -0.4 is 5.32 Å². The zero-order chi connectivity index (χ0) is 22.1. The normalized spacial score (nSPS) is 11.1. The van der Waals surface area contributed by atoms with Crippen LogP contribution in [0, 0.1) is 6.92 Å². The van der Waals surface area contributed by atoms with E-state index in [1.807, 2.05) is 97.4 Å². The summed E-state index contributed by atoms with van der Waals surface area (Å²) in [5.74, 6) is 0.614. The molecular formula is C26H23N5O. The van der Waals surface area contributed by atoms with Crippen molar-refractivity contribution in [3.8, 4) is 16.9 Å². The Morgan fingerprint density at radius 1 is 0.969 bits per heavy atom. The number of nitrogens with one attached hydrogen (secondary N) is 1. The van der Waals surface area contributed by atoms with Crippen molar-refractivity contribution in [2.45, 2.75) is 13.5 Å². The molecule has 6 nitrogen and oxygen atoms in total. The van der Waals surface area contributed by atoms with Gasteiger partial charge in [0.1, 0.15) is 11.5 Å². The highest BCUT2D eigenvalue weighted by Crippen LogP contribution is 2.25. The average Bonchev–Trinajstić information content (AvgIpc) is 3.40. The number of fused-ring (bicyclic) bond motifs is 1. The van der Waals surface area contributed by atoms with Gasteiger partial charge in [-0.15, -0.1) is 0 Å². The lowest BCUT2D eigenvalue weighted by Crippen LogP contribution is -2.24. The molecule has 32 heavy (non-hydrogen) atoms. The van der Waals surface area contributed by atoms with Crippen LogP contribution in [0.3, 0.4) is 0 Å². The van der Waals surface area contributed by atoms with Gasteiger partial charge in [-0.05, 0) is 37.3 Å². The molecule has 2 heterocycles. The largest absolute Gasteiger partial charge is 0.345 e. The van der Waals surface area contributed by atoms with E-state index >= 15 is 0 Å². The van der Waals surface area contributed by atoms with E-state index in [1.165, 1.54) is 0 Å². The number of carbonyl (C=O) groups is 1. The molecule has 6 heteroatoms. The number of amides is 1. The molecule has 0 spiro atoms. The van der Waals surface area contributed by atoms with Gasteiger partial charge >= 0.3 is 0 Å². The third-order valence-electron chi connectivity index (χ3n) is 5.56. The average molecular weight is 422 g/mol. The number of benzene rings is 3. The van der Waals surface area contributed by atoms with E-state index in [0.717, 1.165) is 33.7 Å². The maximum atomic E-state index is 13.3. The number of imidazole rings is 1. The topological polar surface area (TPSA) is 64.7 Å². The molecule has 2 aromatic heterocycles. The van der Waals surface area contributed by atoms with Gasteiger partial charge in [-0.3, -0.25) is 4.79 Å². The van der Waals surface area contributed by atoms with Crippen molar-refractivity contribution in [3.63, 3.8) is 0 Å². The Kier molecular flexibility index (Phi) is 5.03. The second-order valence-corrected chi connectivity index (χ2v) is 7.80. The van der Waals surface area contributed by atoms with E-state index in [4.69, 9.17) is 5.10 Å². The maximum absolute atomic E-state index is 13.3. The molecule has 1 N–H and O–H groups in total. The van der Waals surface area contributed by atoms with Crippen molar-refractivity contribution in [1.29, 1.82) is 0 Å². The Morgan fingerprint density at radius 2 is 1.75 bits per heavy atom. The summed E-state index contributed by atoms with van der Waals surface area (Å²) >= 11 is 0. The lowest BCUT2D eigenvalue weighted by atomic mass is 10.1. The van der Waals surface area contributed by atoms with Crippen molar-refractivity contribution >= 4 is 16.9 Å². The lowest BCUT2D eigenvalue weighted by molar-refractivity contribution is 0.0950. The fraction of sp³-hybridized carbons (Fsp3) is 0.115. The van der Waals surface area contributed by atoms with Crippen LogP contribution in [0.15, 0.2) is 85.1 Å². The number of carbonyl (C=O) groups excluding carboxylic acids is 1. The van der Waals surface area contributed by atoms with E-state index in [-0.39, 0.29) is 5.91 Å². The SMILES string of the molecule is Cc1cccc(-c2nn(-c3ccccc3)cc2C(=O)NCc2nc3ccccc3n2C)c1. The van der Waals surface area contributed by atoms with E-state index in [1.54, 1.807) is 10.9 Å². The Hall–Kier alpha value is -4.19. The molecule has 0 aliphatic carbocycles. The number of hydrogen-bond acceptors (Lipinski definition) is 3. The van der Waals surface area contributed by atoms with Crippen molar-refractivity contribution in [2.24, 2.45) is 7.05 Å². The van der Waals surface area contributed by atoms with Gasteiger partial charge in [0, 0.05) is 18.8 Å². The van der Waals surface area contributed by atoms with Crippen LogP contribution in [0.4, 0.5) is 0 Å². The molecule has 3 aromatic carbocycles. The molecule has 5 aromatic rings. The van der Waals surface area contributed by atoms with Crippen molar-refractivity contribution in [1.82, 2.24) is 24.6 Å². The molecule has 0 aliphatic heterocycles. The lowest BCUT2D eigenvalue weighted by Gasteiger charge is -2.06. The molecule has 0 saturated carbocycles. The molecule has 0 aliphatic rings. The fourth-order valence-electron chi connectivity index (χ4n) is 3.87. The molecule has 5 rings (SSSR count). The second kappa shape index (κ2) is 8.15. The predicted octanol–water partition coefficient (Wildman–Crippen LogP) is 4.66. The number of rotatable bonds is 5. The Morgan fingerprint density at radius 3 is 2.53 bits per heavy atom. The summed E-state index contributed by atoms with van der Waals surface area (Å²) in [4.78, 5) is 17.9. The van der Waals surface area contributed by atoms with Gasteiger partial charge in [0.05, 0.1) is 28.8 Å². The van der Waals surface area contributed by atoms with Crippen molar-refractivity contribution in [3.05, 3.63) is 102 Å². The van der Waals surface area contributed by atoms with Crippen LogP contribution in [0.5, 0.6) is 0 Å². The Labute approximate surface area is 186 Å². The number of hydrogen-bond donors (Lipinski definition) is 1. The highest BCUT2D eigenvalue weighted by atomic mass is 16.1. The van der Waals surface area contributed by atoms with E-state index in [0.29, 0.717) is 17.8 Å². The minimum Gasteiger partial charge on any atom is -0.345 e. The first-order valence-corrected chi connectivity index (χ1v) is 10.5. The highest BCUT2D eigenvalue weighted by Gasteiger charge is 2.19. The van der Waals surface area contributed by atoms with Gasteiger partial charge in [-0.25, -0.2) is 9.67 Å². The first kappa shape index (κ1) is 19.8. The first-order chi connectivity index (χ1) is 15.6. The van der Waals surface area contributed by atoms with E-state index in [9.17, 15) is 4.79 Å². The van der Waals surface area contributed by atoms with Crippen molar-refractivity contribution < 1.29 is 4.79 Å². The van der Waals surface area contributed by atoms with Gasteiger partial charge in [0.25, 0.3) is 5.91 Å².